The number of rotatable bonds is 3. The summed E-state index contributed by atoms with van der Waals surface area (Å²) in [7, 11) is 0. The van der Waals surface area contributed by atoms with E-state index < -0.39 is 0 Å². The second kappa shape index (κ2) is 5.25. The van der Waals surface area contributed by atoms with Crippen LogP contribution >= 0.6 is 11.3 Å². The number of nitrogen functional groups attached to an aromatic ring is 1. The van der Waals surface area contributed by atoms with Crippen LogP contribution < -0.4 is 5.73 Å². The van der Waals surface area contributed by atoms with Crippen molar-refractivity contribution in [3.63, 3.8) is 0 Å². The van der Waals surface area contributed by atoms with Crippen molar-refractivity contribution in [2.45, 2.75) is 33.6 Å². The molecule has 0 spiro atoms. The van der Waals surface area contributed by atoms with Crippen LogP contribution in [0.25, 0.3) is 0 Å². The number of nitrogens with two attached hydrogens (primary N) is 1. The molecule has 1 aromatic rings. The van der Waals surface area contributed by atoms with Gasteiger partial charge in [-0.1, -0.05) is 13.8 Å². The first-order valence-corrected chi connectivity index (χ1v) is 6.45. The summed E-state index contributed by atoms with van der Waals surface area (Å²) in [4.78, 5) is 2.02. The molecule has 0 saturated heterocycles. The van der Waals surface area contributed by atoms with Crippen LogP contribution in [0, 0.1) is 23.7 Å². The zero-order valence-electron chi connectivity index (χ0n) is 10.1. The topological polar surface area (TPSA) is 73.7 Å². The molecule has 0 radical (unpaired) electrons. The minimum absolute atomic E-state index is 0.0785. The minimum atomic E-state index is 0.0785. The van der Waals surface area contributed by atoms with Crippen molar-refractivity contribution in [3.05, 3.63) is 21.4 Å². The van der Waals surface area contributed by atoms with Crippen LogP contribution in [0.2, 0.25) is 0 Å². The van der Waals surface area contributed by atoms with Crippen LogP contribution in [-0.2, 0) is 0 Å². The van der Waals surface area contributed by atoms with Crippen molar-refractivity contribution in [2.24, 2.45) is 11.7 Å². The van der Waals surface area contributed by atoms with Crippen LogP contribution in [0.5, 0.6) is 0 Å². The van der Waals surface area contributed by atoms with Gasteiger partial charge in [-0.2, -0.15) is 0 Å². The van der Waals surface area contributed by atoms with Gasteiger partial charge in [0, 0.05) is 16.4 Å². The molecule has 1 fully saturated rings. The maximum Gasteiger partial charge on any atom is 0.124 e. The lowest BCUT2D eigenvalue weighted by Gasteiger charge is -2.01. The number of nitrogens with one attached hydrogen (secondary N) is 2. The molecule has 1 saturated carbocycles. The largest absolute Gasteiger partial charge is 0.384 e. The number of hydrogen-bond donors (Lipinski definition) is 3. The molecular weight excluding hydrogens is 218 g/mol. The summed E-state index contributed by atoms with van der Waals surface area (Å²) >= 11 is 1.57. The highest BCUT2D eigenvalue weighted by Crippen LogP contribution is 2.35. The fraction of sp³-hybridized carbons (Fsp3) is 0.500. The number of aryl methyl sites for hydroxylation is 1. The highest BCUT2D eigenvalue weighted by atomic mass is 32.1. The normalized spacial score (nSPS) is 13.9. The summed E-state index contributed by atoms with van der Waals surface area (Å²) < 4.78 is 0. The lowest BCUT2D eigenvalue weighted by molar-refractivity contribution is 1.17. The molecule has 0 bridgehead atoms. The van der Waals surface area contributed by atoms with Gasteiger partial charge in [0.2, 0.25) is 0 Å². The highest BCUT2D eigenvalue weighted by molar-refractivity contribution is 7.14. The van der Waals surface area contributed by atoms with Crippen molar-refractivity contribution in [2.75, 3.05) is 0 Å². The van der Waals surface area contributed by atoms with Crippen LogP contribution in [-0.4, -0.2) is 11.5 Å². The summed E-state index contributed by atoms with van der Waals surface area (Å²) in [5.74, 6) is 0.501. The first-order valence-electron chi connectivity index (χ1n) is 5.63. The summed E-state index contributed by atoms with van der Waals surface area (Å²) in [5.41, 5.74) is 6.89. The molecule has 4 heteroatoms. The quantitative estimate of drug-likeness (QED) is 0.548. The monoisotopic (exact) mass is 237 g/mol. The van der Waals surface area contributed by atoms with Crippen molar-refractivity contribution >= 4 is 22.9 Å². The van der Waals surface area contributed by atoms with E-state index in [0.717, 1.165) is 28.2 Å². The third-order valence-corrected chi connectivity index (χ3v) is 3.46. The molecule has 1 aromatic heterocycles. The lowest BCUT2D eigenvalue weighted by Crippen LogP contribution is -2.14. The zero-order valence-corrected chi connectivity index (χ0v) is 10.9. The Morgan fingerprint density at radius 2 is 1.94 bits per heavy atom. The number of hydrogen-bond acceptors (Lipinski definition) is 3. The number of amidine groups is 1. The van der Waals surface area contributed by atoms with E-state index in [1.165, 1.54) is 0 Å². The average Bonchev–Trinajstić information content (AvgIpc) is 3.03. The fourth-order valence-electron chi connectivity index (χ4n) is 1.47. The van der Waals surface area contributed by atoms with E-state index in [4.69, 9.17) is 16.6 Å². The lowest BCUT2D eigenvalue weighted by atomic mass is 10.1. The van der Waals surface area contributed by atoms with Gasteiger partial charge in [-0.25, -0.2) is 0 Å². The molecule has 1 heterocycles. The molecule has 3 nitrogen and oxygen atoms in total. The van der Waals surface area contributed by atoms with E-state index in [1.54, 1.807) is 11.3 Å². The first kappa shape index (κ1) is 12.9. The smallest absolute Gasteiger partial charge is 0.124 e. The van der Waals surface area contributed by atoms with Crippen molar-refractivity contribution in [1.82, 2.24) is 0 Å². The zero-order chi connectivity index (χ0) is 12.3. The Labute approximate surface area is 101 Å². The predicted octanol–water partition coefficient (Wildman–Crippen LogP) is 3.14. The van der Waals surface area contributed by atoms with Crippen LogP contribution in [0.1, 0.15) is 42.0 Å². The van der Waals surface area contributed by atoms with Gasteiger partial charge in [0.15, 0.2) is 0 Å². The van der Waals surface area contributed by atoms with Crippen molar-refractivity contribution in [1.29, 1.82) is 10.8 Å². The van der Waals surface area contributed by atoms with Gasteiger partial charge in [-0.05, 0) is 25.8 Å². The van der Waals surface area contributed by atoms with E-state index in [0.29, 0.717) is 11.6 Å². The van der Waals surface area contributed by atoms with E-state index in [2.05, 4.69) is 0 Å². The van der Waals surface area contributed by atoms with Gasteiger partial charge in [-0.15, -0.1) is 11.3 Å². The third kappa shape index (κ3) is 2.70. The van der Waals surface area contributed by atoms with Crippen LogP contribution in [0.4, 0.5) is 0 Å². The molecule has 16 heavy (non-hydrogen) atoms. The summed E-state index contributed by atoms with van der Waals surface area (Å²) in [6, 6.07) is 1.90. The predicted molar refractivity (Wildman–Crippen MR) is 71.0 cm³/mol. The van der Waals surface area contributed by atoms with Crippen molar-refractivity contribution < 1.29 is 0 Å². The molecule has 1 aliphatic carbocycles. The van der Waals surface area contributed by atoms with Gasteiger partial charge >= 0.3 is 0 Å². The second-order valence-corrected chi connectivity index (χ2v) is 4.96. The molecule has 4 N–H and O–H groups in total. The van der Waals surface area contributed by atoms with E-state index >= 15 is 0 Å². The number of thiophene rings is 1. The first-order chi connectivity index (χ1) is 7.59. The standard InChI is InChI=1S/C10H13N3S.C2H6/c1-5-4-7(10(12)13)9(14-5)8(11)6-2-3-6;1-2/h4,6,11H,2-3H2,1H3,(H3,12,13);1-2H3. The minimum Gasteiger partial charge on any atom is -0.384 e. The molecular formula is C12H19N3S. The molecule has 0 unspecified atom stereocenters. The molecule has 0 aromatic carbocycles. The van der Waals surface area contributed by atoms with Gasteiger partial charge in [0.05, 0.1) is 10.6 Å². The Bertz CT molecular complexity index is 402. The molecule has 88 valence electrons. The SMILES string of the molecule is CC.Cc1cc(C(=N)N)c(C(=N)C2CC2)s1. The molecule has 0 aliphatic heterocycles. The average molecular weight is 237 g/mol. The Kier molecular flexibility index (Phi) is 4.24. The highest BCUT2D eigenvalue weighted by Gasteiger charge is 2.29. The van der Waals surface area contributed by atoms with Gasteiger partial charge in [-0.3, -0.25) is 5.41 Å². The molecule has 1 aliphatic rings. The Balaban J connectivity index is 0.000000606. The van der Waals surface area contributed by atoms with E-state index in [-0.39, 0.29) is 5.84 Å². The van der Waals surface area contributed by atoms with Crippen molar-refractivity contribution in [3.8, 4) is 0 Å². The maximum atomic E-state index is 7.95. The Morgan fingerprint density at radius 3 is 2.38 bits per heavy atom. The van der Waals surface area contributed by atoms with Gasteiger partial charge < -0.3 is 11.1 Å². The van der Waals surface area contributed by atoms with Gasteiger partial charge in [0.1, 0.15) is 5.84 Å². The van der Waals surface area contributed by atoms with E-state index in [1.807, 2.05) is 26.8 Å². The van der Waals surface area contributed by atoms with Crippen LogP contribution in [0.3, 0.4) is 0 Å². The second-order valence-electron chi connectivity index (χ2n) is 3.70. The third-order valence-electron chi connectivity index (χ3n) is 2.38. The van der Waals surface area contributed by atoms with E-state index in [9.17, 15) is 0 Å². The molecule has 2 rings (SSSR count). The molecule has 0 atom stereocenters. The fourth-order valence-corrected chi connectivity index (χ4v) is 2.53. The summed E-state index contributed by atoms with van der Waals surface area (Å²) in [5, 5.41) is 15.4. The summed E-state index contributed by atoms with van der Waals surface area (Å²) in [6.45, 7) is 5.99. The Morgan fingerprint density at radius 1 is 1.38 bits per heavy atom. The Hall–Kier alpha value is -1.16. The van der Waals surface area contributed by atoms with Crippen LogP contribution in [0.15, 0.2) is 6.07 Å². The maximum absolute atomic E-state index is 7.95. The molecule has 0 amide bonds. The van der Waals surface area contributed by atoms with Gasteiger partial charge in [0.25, 0.3) is 0 Å². The summed E-state index contributed by atoms with van der Waals surface area (Å²) in [6.07, 6.45) is 2.24.